The Morgan fingerprint density at radius 3 is 2.61 bits per heavy atom. The van der Waals surface area contributed by atoms with E-state index in [1.165, 1.54) is 6.20 Å². The molecule has 2 rings (SSSR count). The molecule has 0 aliphatic carbocycles. The number of carboxylic acid groups (broad SMARTS) is 1. The van der Waals surface area contributed by atoms with Crippen molar-refractivity contribution in [2.45, 2.75) is 13.3 Å². The number of aromatic carboxylic acids is 1. The van der Waals surface area contributed by atoms with E-state index in [0.29, 0.717) is 17.7 Å². The minimum Gasteiger partial charge on any atom is -0.478 e. The molecular weight excluding hydrogens is 230 g/mol. The highest BCUT2D eigenvalue weighted by atomic mass is 16.4. The molecular formula is C13H11N3O2. The Labute approximate surface area is 104 Å². The van der Waals surface area contributed by atoms with E-state index in [1.807, 2.05) is 13.0 Å². The van der Waals surface area contributed by atoms with Gasteiger partial charge in [-0.25, -0.2) is 9.48 Å². The lowest BCUT2D eigenvalue weighted by Crippen LogP contribution is -2.05. The van der Waals surface area contributed by atoms with Crippen LogP contribution in [-0.2, 0) is 6.42 Å². The highest BCUT2D eigenvalue weighted by molar-refractivity contribution is 5.88. The van der Waals surface area contributed by atoms with E-state index in [1.54, 1.807) is 28.9 Å². The minimum atomic E-state index is -0.980. The summed E-state index contributed by atoms with van der Waals surface area (Å²) in [5.41, 5.74) is 2.16. The molecule has 0 atom stereocenters. The summed E-state index contributed by atoms with van der Waals surface area (Å²) in [5, 5.41) is 21.9. The van der Waals surface area contributed by atoms with E-state index in [2.05, 4.69) is 5.10 Å². The number of hydrogen-bond acceptors (Lipinski definition) is 3. The molecule has 90 valence electrons. The van der Waals surface area contributed by atoms with Crippen molar-refractivity contribution in [2.24, 2.45) is 0 Å². The van der Waals surface area contributed by atoms with E-state index < -0.39 is 5.97 Å². The first-order valence-electron chi connectivity index (χ1n) is 5.48. The van der Waals surface area contributed by atoms with Gasteiger partial charge in [-0.2, -0.15) is 10.4 Å². The Morgan fingerprint density at radius 2 is 2.11 bits per heavy atom. The minimum absolute atomic E-state index is 0.210. The van der Waals surface area contributed by atoms with Crippen molar-refractivity contribution in [1.29, 1.82) is 5.26 Å². The van der Waals surface area contributed by atoms with Crippen LogP contribution in [0, 0.1) is 11.3 Å². The first-order chi connectivity index (χ1) is 8.67. The molecule has 0 aliphatic heterocycles. The summed E-state index contributed by atoms with van der Waals surface area (Å²) in [6.07, 6.45) is 1.92. The number of carboxylic acids is 1. The van der Waals surface area contributed by atoms with Gasteiger partial charge in [-0.1, -0.05) is 6.92 Å². The van der Waals surface area contributed by atoms with E-state index in [4.69, 9.17) is 10.4 Å². The molecule has 1 aromatic heterocycles. The van der Waals surface area contributed by atoms with Crippen molar-refractivity contribution < 1.29 is 9.90 Å². The lowest BCUT2D eigenvalue weighted by atomic mass is 10.2. The Bertz CT molecular complexity index is 621. The van der Waals surface area contributed by atoms with Crippen LogP contribution < -0.4 is 0 Å². The molecule has 0 radical (unpaired) electrons. The number of aromatic nitrogens is 2. The summed E-state index contributed by atoms with van der Waals surface area (Å²) < 4.78 is 1.59. The maximum Gasteiger partial charge on any atom is 0.339 e. The molecule has 0 amide bonds. The monoisotopic (exact) mass is 241 g/mol. The van der Waals surface area contributed by atoms with Gasteiger partial charge >= 0.3 is 5.97 Å². The molecule has 18 heavy (non-hydrogen) atoms. The van der Waals surface area contributed by atoms with Gasteiger partial charge in [-0.05, 0) is 30.7 Å². The first kappa shape index (κ1) is 11.9. The molecule has 0 aliphatic rings. The van der Waals surface area contributed by atoms with Gasteiger partial charge < -0.3 is 5.11 Å². The summed E-state index contributed by atoms with van der Waals surface area (Å²) in [6, 6.07) is 8.88. The number of nitrogens with zero attached hydrogens (tertiary/aromatic N) is 3. The van der Waals surface area contributed by atoms with Crippen LogP contribution in [0.1, 0.15) is 28.5 Å². The van der Waals surface area contributed by atoms with Crippen LogP contribution >= 0.6 is 0 Å². The molecule has 5 nitrogen and oxygen atoms in total. The topological polar surface area (TPSA) is 78.9 Å². The maximum atomic E-state index is 11.0. The molecule has 1 N–H and O–H groups in total. The molecule has 0 unspecified atom stereocenters. The van der Waals surface area contributed by atoms with Crippen LogP contribution in [0.15, 0.2) is 30.5 Å². The molecule has 0 saturated carbocycles. The third-order valence-electron chi connectivity index (χ3n) is 2.68. The molecule has 0 bridgehead atoms. The van der Waals surface area contributed by atoms with E-state index in [0.717, 1.165) is 5.69 Å². The maximum absolute atomic E-state index is 11.0. The smallest absolute Gasteiger partial charge is 0.339 e. The van der Waals surface area contributed by atoms with Crippen LogP contribution in [0.25, 0.3) is 5.69 Å². The lowest BCUT2D eigenvalue weighted by molar-refractivity contribution is 0.0695. The second-order valence-corrected chi connectivity index (χ2v) is 3.73. The largest absolute Gasteiger partial charge is 0.478 e. The van der Waals surface area contributed by atoms with E-state index in [9.17, 15) is 4.79 Å². The van der Waals surface area contributed by atoms with Gasteiger partial charge in [-0.15, -0.1) is 0 Å². The fourth-order valence-electron chi connectivity index (χ4n) is 1.79. The zero-order chi connectivity index (χ0) is 13.1. The van der Waals surface area contributed by atoms with Gasteiger partial charge in [0.05, 0.1) is 29.2 Å². The molecule has 1 heterocycles. The predicted octanol–water partition coefficient (Wildman–Crippen LogP) is 2.00. The number of nitriles is 1. The third kappa shape index (κ3) is 1.96. The van der Waals surface area contributed by atoms with Crippen molar-refractivity contribution in [3.05, 3.63) is 47.3 Å². The zero-order valence-electron chi connectivity index (χ0n) is 9.79. The average Bonchev–Trinajstić information content (AvgIpc) is 2.82. The average molecular weight is 241 g/mol. The fourth-order valence-corrected chi connectivity index (χ4v) is 1.79. The van der Waals surface area contributed by atoms with Crippen molar-refractivity contribution in [1.82, 2.24) is 9.78 Å². The summed E-state index contributed by atoms with van der Waals surface area (Å²) in [5.74, 6) is -0.980. The van der Waals surface area contributed by atoms with Crippen LogP contribution in [0.5, 0.6) is 0 Å². The molecule has 0 fully saturated rings. The Kier molecular flexibility index (Phi) is 3.11. The predicted molar refractivity (Wildman–Crippen MR) is 64.6 cm³/mol. The number of hydrogen-bond donors (Lipinski definition) is 1. The molecule has 0 saturated heterocycles. The second kappa shape index (κ2) is 4.72. The first-order valence-corrected chi connectivity index (χ1v) is 5.48. The van der Waals surface area contributed by atoms with Crippen molar-refractivity contribution >= 4 is 5.97 Å². The second-order valence-electron chi connectivity index (χ2n) is 3.73. The van der Waals surface area contributed by atoms with Gasteiger partial charge in [0.1, 0.15) is 5.56 Å². The van der Waals surface area contributed by atoms with Crippen molar-refractivity contribution in [3.8, 4) is 11.8 Å². The Morgan fingerprint density at radius 1 is 1.44 bits per heavy atom. The van der Waals surface area contributed by atoms with Crippen LogP contribution in [0.4, 0.5) is 0 Å². The third-order valence-corrected chi connectivity index (χ3v) is 2.68. The lowest BCUT2D eigenvalue weighted by Gasteiger charge is -2.06. The highest BCUT2D eigenvalue weighted by Crippen LogP contribution is 2.16. The standard InChI is InChI=1S/C13H11N3O2/c1-2-12-11(13(17)18)8-15-16(12)10-5-3-9(7-14)4-6-10/h3-6,8H,2H2,1H3,(H,17,18). The summed E-state index contributed by atoms with van der Waals surface area (Å²) in [7, 11) is 0. The number of benzene rings is 1. The fraction of sp³-hybridized carbons (Fsp3) is 0.154. The van der Waals surface area contributed by atoms with E-state index >= 15 is 0 Å². The van der Waals surface area contributed by atoms with Gasteiger partial charge in [0.15, 0.2) is 0 Å². The number of carbonyl (C=O) groups is 1. The zero-order valence-corrected chi connectivity index (χ0v) is 9.79. The molecule has 2 aromatic rings. The molecule has 1 aromatic carbocycles. The summed E-state index contributed by atoms with van der Waals surface area (Å²) in [6.45, 7) is 1.88. The van der Waals surface area contributed by atoms with Gasteiger partial charge in [0.25, 0.3) is 0 Å². The van der Waals surface area contributed by atoms with Gasteiger partial charge in [0, 0.05) is 0 Å². The quantitative estimate of drug-likeness (QED) is 0.891. The SMILES string of the molecule is CCc1c(C(=O)O)cnn1-c1ccc(C#N)cc1. The Balaban J connectivity index is 2.50. The number of rotatable bonds is 3. The van der Waals surface area contributed by atoms with Crippen LogP contribution in [0.3, 0.4) is 0 Å². The normalized spacial score (nSPS) is 10.0. The van der Waals surface area contributed by atoms with Crippen LogP contribution in [0.2, 0.25) is 0 Å². The molecule has 5 heteroatoms. The van der Waals surface area contributed by atoms with E-state index in [-0.39, 0.29) is 5.56 Å². The summed E-state index contributed by atoms with van der Waals surface area (Å²) in [4.78, 5) is 11.0. The van der Waals surface area contributed by atoms with Crippen molar-refractivity contribution in [3.63, 3.8) is 0 Å². The Hall–Kier alpha value is -2.61. The highest BCUT2D eigenvalue weighted by Gasteiger charge is 2.15. The summed E-state index contributed by atoms with van der Waals surface area (Å²) >= 11 is 0. The van der Waals surface area contributed by atoms with Gasteiger partial charge in [-0.3, -0.25) is 0 Å². The molecule has 0 spiro atoms. The van der Waals surface area contributed by atoms with Gasteiger partial charge in [0.2, 0.25) is 0 Å². The van der Waals surface area contributed by atoms with Crippen molar-refractivity contribution in [2.75, 3.05) is 0 Å². The van der Waals surface area contributed by atoms with Crippen LogP contribution in [-0.4, -0.2) is 20.9 Å².